The molecule has 0 saturated carbocycles. The summed E-state index contributed by atoms with van der Waals surface area (Å²) in [6.07, 6.45) is -1.20. The summed E-state index contributed by atoms with van der Waals surface area (Å²) in [6.45, 7) is 4.16. The molecule has 0 aromatic heterocycles. The molecule has 0 spiro atoms. The van der Waals surface area contributed by atoms with Crippen LogP contribution in [0.15, 0.2) is 0 Å². The standard InChI is InChI=1S/C10H20O6/c1-7(12)6(5-11)16-10(4,15)9(3,14)8(7,2)13/h6,11-15H,5H2,1-4H3/t6-,7+,8+,9-,10?/m1/s1. The van der Waals surface area contributed by atoms with Crippen molar-refractivity contribution in [2.75, 3.05) is 6.61 Å². The zero-order valence-electron chi connectivity index (χ0n) is 9.93. The van der Waals surface area contributed by atoms with Crippen molar-refractivity contribution in [2.45, 2.75) is 56.4 Å². The Kier molecular flexibility index (Phi) is 2.92. The molecule has 1 unspecified atom stereocenters. The number of ether oxygens (including phenoxy) is 1. The molecule has 0 aromatic rings. The molecule has 1 saturated heterocycles. The Morgan fingerprint density at radius 2 is 1.38 bits per heavy atom. The Morgan fingerprint density at radius 1 is 0.938 bits per heavy atom. The smallest absolute Gasteiger partial charge is 0.195 e. The van der Waals surface area contributed by atoms with E-state index in [4.69, 9.17) is 9.84 Å². The molecule has 0 radical (unpaired) electrons. The number of hydrogen-bond donors (Lipinski definition) is 5. The van der Waals surface area contributed by atoms with Gasteiger partial charge in [-0.1, -0.05) is 0 Å². The van der Waals surface area contributed by atoms with Crippen LogP contribution in [0, 0.1) is 0 Å². The quantitative estimate of drug-likeness (QED) is 0.373. The van der Waals surface area contributed by atoms with E-state index in [-0.39, 0.29) is 0 Å². The zero-order valence-corrected chi connectivity index (χ0v) is 9.93. The van der Waals surface area contributed by atoms with Gasteiger partial charge in [-0.2, -0.15) is 0 Å². The Morgan fingerprint density at radius 3 is 1.75 bits per heavy atom. The van der Waals surface area contributed by atoms with Crippen LogP contribution in [-0.2, 0) is 4.74 Å². The molecule has 96 valence electrons. The average Bonchev–Trinajstić information content (AvgIpc) is 2.11. The summed E-state index contributed by atoms with van der Waals surface area (Å²) >= 11 is 0. The summed E-state index contributed by atoms with van der Waals surface area (Å²) in [5.41, 5.74) is -6.03. The number of aliphatic hydroxyl groups excluding tert-OH is 1. The predicted molar refractivity (Wildman–Crippen MR) is 54.5 cm³/mol. The molecule has 5 atom stereocenters. The minimum atomic E-state index is -2.09. The summed E-state index contributed by atoms with van der Waals surface area (Å²) in [7, 11) is 0. The third-order valence-electron chi connectivity index (χ3n) is 4.00. The number of aliphatic hydroxyl groups is 5. The van der Waals surface area contributed by atoms with Crippen molar-refractivity contribution in [1.29, 1.82) is 0 Å². The van der Waals surface area contributed by atoms with Gasteiger partial charge in [0.2, 0.25) is 0 Å². The lowest BCUT2D eigenvalue weighted by Crippen LogP contribution is -2.80. The maximum Gasteiger partial charge on any atom is 0.195 e. The number of hydrogen-bond acceptors (Lipinski definition) is 6. The van der Waals surface area contributed by atoms with Gasteiger partial charge in [0.15, 0.2) is 5.79 Å². The van der Waals surface area contributed by atoms with Gasteiger partial charge in [-0.25, -0.2) is 0 Å². The van der Waals surface area contributed by atoms with Crippen LogP contribution in [0.2, 0.25) is 0 Å². The van der Waals surface area contributed by atoms with Crippen LogP contribution in [-0.4, -0.2) is 60.8 Å². The van der Waals surface area contributed by atoms with Crippen LogP contribution < -0.4 is 0 Å². The SMILES string of the molecule is CC1(O)O[C@H](CO)[C@](C)(O)[C@](C)(O)[C@@]1(C)O. The highest BCUT2D eigenvalue weighted by molar-refractivity contribution is 5.16. The molecule has 1 heterocycles. The maximum absolute atomic E-state index is 10.2. The van der Waals surface area contributed by atoms with Crippen LogP contribution in [0.25, 0.3) is 0 Å². The lowest BCUT2D eigenvalue weighted by molar-refractivity contribution is -0.423. The fourth-order valence-corrected chi connectivity index (χ4v) is 1.98. The van der Waals surface area contributed by atoms with E-state index < -0.39 is 35.3 Å². The largest absolute Gasteiger partial charge is 0.394 e. The first-order valence-corrected chi connectivity index (χ1v) is 5.10. The van der Waals surface area contributed by atoms with Gasteiger partial charge in [-0.05, 0) is 27.7 Å². The summed E-state index contributed by atoms with van der Waals surface area (Å²) in [4.78, 5) is 0. The van der Waals surface area contributed by atoms with E-state index in [9.17, 15) is 20.4 Å². The Bertz CT molecular complexity index is 281. The molecule has 0 aromatic carbocycles. The highest BCUT2D eigenvalue weighted by Gasteiger charge is 2.69. The second kappa shape index (κ2) is 3.38. The maximum atomic E-state index is 10.2. The molecule has 0 amide bonds. The number of rotatable bonds is 1. The van der Waals surface area contributed by atoms with E-state index in [1.165, 1.54) is 20.8 Å². The molecule has 1 fully saturated rings. The zero-order chi connectivity index (χ0) is 13.0. The Balaban J connectivity index is 3.30. The van der Waals surface area contributed by atoms with Crippen LogP contribution in [0.4, 0.5) is 0 Å². The molecule has 6 nitrogen and oxygen atoms in total. The van der Waals surface area contributed by atoms with Crippen molar-refractivity contribution in [3.63, 3.8) is 0 Å². The molecule has 6 heteroatoms. The van der Waals surface area contributed by atoms with Gasteiger partial charge < -0.3 is 30.3 Å². The summed E-state index contributed by atoms with van der Waals surface area (Å²) < 4.78 is 5.03. The van der Waals surface area contributed by atoms with Gasteiger partial charge in [0.1, 0.15) is 22.9 Å². The highest BCUT2D eigenvalue weighted by atomic mass is 16.7. The van der Waals surface area contributed by atoms with E-state index >= 15 is 0 Å². The molecular weight excluding hydrogens is 216 g/mol. The summed E-state index contributed by atoms with van der Waals surface area (Å²) in [6, 6.07) is 0. The first-order valence-electron chi connectivity index (χ1n) is 5.10. The molecule has 1 aliphatic heterocycles. The molecule has 5 N–H and O–H groups in total. The molecular formula is C10H20O6. The van der Waals surface area contributed by atoms with E-state index in [0.29, 0.717) is 0 Å². The Labute approximate surface area is 94.1 Å². The van der Waals surface area contributed by atoms with Gasteiger partial charge in [-0.3, -0.25) is 0 Å². The molecule has 1 aliphatic rings. The molecule has 1 rings (SSSR count). The van der Waals surface area contributed by atoms with Crippen molar-refractivity contribution in [2.24, 2.45) is 0 Å². The first kappa shape index (κ1) is 13.8. The van der Waals surface area contributed by atoms with Crippen LogP contribution in [0.3, 0.4) is 0 Å². The average molecular weight is 236 g/mol. The fourth-order valence-electron chi connectivity index (χ4n) is 1.98. The van der Waals surface area contributed by atoms with E-state index in [2.05, 4.69) is 0 Å². The lowest BCUT2D eigenvalue weighted by atomic mass is 9.65. The molecule has 0 bridgehead atoms. The van der Waals surface area contributed by atoms with E-state index in [1.54, 1.807) is 0 Å². The minimum absolute atomic E-state index is 0.588. The third kappa shape index (κ3) is 1.42. The summed E-state index contributed by atoms with van der Waals surface area (Å²) in [5.74, 6) is -2.08. The van der Waals surface area contributed by atoms with Crippen LogP contribution in [0.5, 0.6) is 0 Å². The van der Waals surface area contributed by atoms with Gasteiger partial charge in [0.05, 0.1) is 6.61 Å². The third-order valence-corrected chi connectivity index (χ3v) is 4.00. The van der Waals surface area contributed by atoms with Crippen LogP contribution in [0.1, 0.15) is 27.7 Å². The fraction of sp³-hybridized carbons (Fsp3) is 1.00. The molecule has 16 heavy (non-hydrogen) atoms. The topological polar surface area (TPSA) is 110 Å². The predicted octanol–water partition coefficient (Wildman–Crippen LogP) is -1.66. The van der Waals surface area contributed by atoms with E-state index in [0.717, 1.165) is 6.92 Å². The van der Waals surface area contributed by atoms with Crippen molar-refractivity contribution >= 4 is 0 Å². The second-order valence-corrected chi connectivity index (χ2v) is 5.06. The normalized spacial score (nSPS) is 58.7. The highest BCUT2D eigenvalue weighted by Crippen LogP contribution is 2.47. The van der Waals surface area contributed by atoms with Crippen LogP contribution >= 0.6 is 0 Å². The van der Waals surface area contributed by atoms with Crippen molar-refractivity contribution in [3.05, 3.63) is 0 Å². The van der Waals surface area contributed by atoms with Crippen molar-refractivity contribution in [1.82, 2.24) is 0 Å². The first-order chi connectivity index (χ1) is 6.92. The Hall–Kier alpha value is -0.240. The van der Waals surface area contributed by atoms with Gasteiger partial charge in [-0.15, -0.1) is 0 Å². The minimum Gasteiger partial charge on any atom is -0.394 e. The lowest BCUT2D eigenvalue weighted by Gasteiger charge is -2.60. The second-order valence-electron chi connectivity index (χ2n) is 5.06. The van der Waals surface area contributed by atoms with E-state index in [1.807, 2.05) is 0 Å². The van der Waals surface area contributed by atoms with Gasteiger partial charge >= 0.3 is 0 Å². The summed E-state index contributed by atoms with van der Waals surface area (Å²) in [5, 5.41) is 49.4. The van der Waals surface area contributed by atoms with Gasteiger partial charge in [0.25, 0.3) is 0 Å². The van der Waals surface area contributed by atoms with Gasteiger partial charge in [0, 0.05) is 0 Å². The molecule has 0 aliphatic carbocycles. The van der Waals surface area contributed by atoms with Crippen molar-refractivity contribution < 1.29 is 30.3 Å². The monoisotopic (exact) mass is 236 g/mol. The van der Waals surface area contributed by atoms with Crippen molar-refractivity contribution in [3.8, 4) is 0 Å².